The third-order valence-electron chi connectivity index (χ3n) is 3.69. The van der Waals surface area contributed by atoms with Crippen molar-refractivity contribution in [3.05, 3.63) is 64.7 Å². The lowest BCUT2D eigenvalue weighted by Gasteiger charge is -2.13. The minimum atomic E-state index is -4.76. The summed E-state index contributed by atoms with van der Waals surface area (Å²) in [6.45, 7) is 0.247. The van der Waals surface area contributed by atoms with Gasteiger partial charge in [0, 0.05) is 31.0 Å². The molecule has 10 heteroatoms. The van der Waals surface area contributed by atoms with Crippen LogP contribution in [-0.2, 0) is 22.1 Å². The lowest BCUT2D eigenvalue weighted by atomic mass is 10.1. The third kappa shape index (κ3) is 6.83. The number of hydrogen-bond donors (Lipinski definition) is 2. The lowest BCUT2D eigenvalue weighted by molar-refractivity contribution is -0.137. The number of carbonyl (C=O) groups is 2. The first-order valence-electron chi connectivity index (χ1n) is 8.32. The van der Waals surface area contributed by atoms with E-state index < -0.39 is 41.6 Å². The zero-order valence-corrected chi connectivity index (χ0v) is 15.2. The Bertz CT molecular complexity index is 880. The summed E-state index contributed by atoms with van der Waals surface area (Å²) in [6, 6.07) is 4.88. The van der Waals surface area contributed by atoms with Gasteiger partial charge in [0.25, 0.3) is 5.91 Å². The molecule has 0 heterocycles. The number of anilines is 1. The van der Waals surface area contributed by atoms with E-state index in [0.29, 0.717) is 18.2 Å². The molecule has 0 aliphatic heterocycles. The van der Waals surface area contributed by atoms with E-state index in [1.807, 2.05) is 0 Å². The molecule has 0 unspecified atom stereocenters. The second-order valence-corrected chi connectivity index (χ2v) is 6.05. The average Bonchev–Trinajstić information content (AvgIpc) is 2.59. The van der Waals surface area contributed by atoms with Crippen LogP contribution in [0.5, 0.6) is 0 Å². The summed E-state index contributed by atoms with van der Waals surface area (Å²) in [5.74, 6) is -3.36. The Balaban J connectivity index is 2.22. The number of carbonyl (C=O) groups excluding carboxylic acids is 2. The van der Waals surface area contributed by atoms with Gasteiger partial charge in [-0.1, -0.05) is 0 Å². The van der Waals surface area contributed by atoms with Gasteiger partial charge in [-0.25, -0.2) is 8.78 Å². The summed E-state index contributed by atoms with van der Waals surface area (Å²) in [6.07, 6.45) is -5.23. The van der Waals surface area contributed by atoms with E-state index in [4.69, 9.17) is 4.74 Å². The Morgan fingerprint density at radius 3 is 2.24 bits per heavy atom. The number of benzene rings is 2. The number of rotatable bonds is 7. The van der Waals surface area contributed by atoms with Crippen LogP contribution in [0.25, 0.3) is 0 Å². The molecule has 0 aliphatic rings. The van der Waals surface area contributed by atoms with Crippen molar-refractivity contribution in [2.75, 3.05) is 25.6 Å². The normalized spacial score (nSPS) is 11.2. The van der Waals surface area contributed by atoms with Crippen LogP contribution in [0.15, 0.2) is 36.4 Å². The Morgan fingerprint density at radius 1 is 1.00 bits per heavy atom. The van der Waals surface area contributed by atoms with Crippen molar-refractivity contribution in [3.63, 3.8) is 0 Å². The van der Waals surface area contributed by atoms with Crippen LogP contribution in [0, 0.1) is 11.6 Å². The summed E-state index contributed by atoms with van der Waals surface area (Å²) in [5.41, 5.74) is -1.73. The fourth-order valence-electron chi connectivity index (χ4n) is 2.47. The van der Waals surface area contributed by atoms with Crippen LogP contribution < -0.4 is 10.6 Å². The van der Waals surface area contributed by atoms with Crippen molar-refractivity contribution in [2.45, 2.75) is 12.6 Å². The fraction of sp³-hybridized carbons (Fsp3) is 0.263. The van der Waals surface area contributed by atoms with E-state index in [9.17, 15) is 31.5 Å². The second kappa shape index (κ2) is 9.46. The zero-order chi connectivity index (χ0) is 21.6. The lowest BCUT2D eigenvalue weighted by Crippen LogP contribution is -2.27. The Kier molecular flexibility index (Phi) is 7.27. The van der Waals surface area contributed by atoms with Gasteiger partial charge in [-0.05, 0) is 35.9 Å². The molecule has 0 fully saturated rings. The standard InChI is InChI=1S/C19H17F5N2O3/c1-29-3-2-25-18(28)12-7-13(19(22,23)24)9-16(8-12)26-17(27)6-11-4-14(20)10-15(21)5-11/h4-5,7-10H,2-3,6H2,1H3,(H,25,28)(H,26,27). The summed E-state index contributed by atoms with van der Waals surface area (Å²) >= 11 is 0. The van der Waals surface area contributed by atoms with Gasteiger partial charge in [-0.2, -0.15) is 13.2 Å². The first kappa shape index (κ1) is 22.3. The maximum Gasteiger partial charge on any atom is 0.416 e. The van der Waals surface area contributed by atoms with Gasteiger partial charge < -0.3 is 15.4 Å². The van der Waals surface area contributed by atoms with Gasteiger partial charge in [0.2, 0.25) is 5.91 Å². The quantitative estimate of drug-likeness (QED) is 0.536. The Morgan fingerprint density at radius 2 is 1.66 bits per heavy atom. The Labute approximate surface area is 162 Å². The van der Waals surface area contributed by atoms with Crippen molar-refractivity contribution in [1.29, 1.82) is 0 Å². The molecule has 156 valence electrons. The monoisotopic (exact) mass is 416 g/mol. The maximum atomic E-state index is 13.2. The van der Waals surface area contributed by atoms with Crippen LogP contribution in [0.1, 0.15) is 21.5 Å². The van der Waals surface area contributed by atoms with Gasteiger partial charge in [0.15, 0.2) is 0 Å². The first-order valence-corrected chi connectivity index (χ1v) is 8.32. The molecule has 0 bridgehead atoms. The molecule has 2 aromatic carbocycles. The molecule has 0 spiro atoms. The van der Waals surface area contributed by atoms with Crippen molar-refractivity contribution in [1.82, 2.24) is 5.32 Å². The Hall–Kier alpha value is -3.01. The SMILES string of the molecule is COCCNC(=O)c1cc(NC(=O)Cc2cc(F)cc(F)c2)cc(C(F)(F)F)c1. The van der Waals surface area contributed by atoms with E-state index in [2.05, 4.69) is 10.6 Å². The smallest absolute Gasteiger partial charge is 0.383 e. The molecule has 2 rings (SSSR count). The van der Waals surface area contributed by atoms with Gasteiger partial charge in [-0.15, -0.1) is 0 Å². The molecule has 0 aromatic heterocycles. The summed E-state index contributed by atoms with van der Waals surface area (Å²) in [4.78, 5) is 24.2. The highest BCUT2D eigenvalue weighted by molar-refractivity contribution is 5.98. The predicted molar refractivity (Wildman–Crippen MR) is 94.3 cm³/mol. The summed E-state index contributed by atoms with van der Waals surface area (Å²) < 4.78 is 70.6. The number of alkyl halides is 3. The van der Waals surface area contributed by atoms with Crippen LogP contribution in [0.3, 0.4) is 0 Å². The number of hydrogen-bond acceptors (Lipinski definition) is 3. The van der Waals surface area contributed by atoms with Gasteiger partial charge in [0.05, 0.1) is 18.6 Å². The topological polar surface area (TPSA) is 67.4 Å². The van der Waals surface area contributed by atoms with Crippen LogP contribution >= 0.6 is 0 Å². The number of halogens is 5. The molecular formula is C19H17F5N2O3. The van der Waals surface area contributed by atoms with Crippen molar-refractivity contribution >= 4 is 17.5 Å². The molecule has 2 N–H and O–H groups in total. The minimum absolute atomic E-state index is 0.00417. The molecule has 0 saturated carbocycles. The highest BCUT2D eigenvalue weighted by Crippen LogP contribution is 2.32. The molecule has 0 radical (unpaired) electrons. The number of ether oxygens (including phenoxy) is 1. The fourth-order valence-corrected chi connectivity index (χ4v) is 2.47. The molecule has 0 saturated heterocycles. The van der Waals surface area contributed by atoms with E-state index in [0.717, 1.165) is 18.2 Å². The van der Waals surface area contributed by atoms with Gasteiger partial charge in [0.1, 0.15) is 11.6 Å². The van der Waals surface area contributed by atoms with Crippen LogP contribution in [0.4, 0.5) is 27.6 Å². The van der Waals surface area contributed by atoms with Crippen molar-refractivity contribution < 1.29 is 36.3 Å². The van der Waals surface area contributed by atoms with E-state index in [-0.39, 0.29) is 30.0 Å². The second-order valence-electron chi connectivity index (χ2n) is 6.05. The first-order chi connectivity index (χ1) is 13.6. The minimum Gasteiger partial charge on any atom is -0.383 e. The molecular weight excluding hydrogens is 399 g/mol. The molecule has 0 atom stereocenters. The maximum absolute atomic E-state index is 13.2. The van der Waals surface area contributed by atoms with E-state index in [1.54, 1.807) is 0 Å². The number of methoxy groups -OCH3 is 1. The highest BCUT2D eigenvalue weighted by atomic mass is 19.4. The van der Waals surface area contributed by atoms with Crippen molar-refractivity contribution in [3.8, 4) is 0 Å². The van der Waals surface area contributed by atoms with E-state index >= 15 is 0 Å². The molecule has 0 aliphatic carbocycles. The largest absolute Gasteiger partial charge is 0.416 e. The van der Waals surface area contributed by atoms with Gasteiger partial charge >= 0.3 is 6.18 Å². The number of nitrogens with one attached hydrogen (secondary N) is 2. The van der Waals surface area contributed by atoms with Crippen LogP contribution in [-0.4, -0.2) is 32.1 Å². The van der Waals surface area contributed by atoms with Gasteiger partial charge in [-0.3, -0.25) is 9.59 Å². The summed E-state index contributed by atoms with van der Waals surface area (Å²) in [7, 11) is 1.40. The average molecular weight is 416 g/mol. The zero-order valence-electron chi connectivity index (χ0n) is 15.2. The highest BCUT2D eigenvalue weighted by Gasteiger charge is 2.32. The predicted octanol–water partition coefficient (Wildman–Crippen LogP) is 3.54. The van der Waals surface area contributed by atoms with Crippen LogP contribution in [0.2, 0.25) is 0 Å². The van der Waals surface area contributed by atoms with E-state index in [1.165, 1.54) is 7.11 Å². The third-order valence-corrected chi connectivity index (χ3v) is 3.69. The molecule has 5 nitrogen and oxygen atoms in total. The van der Waals surface area contributed by atoms with Crippen molar-refractivity contribution in [2.24, 2.45) is 0 Å². The molecule has 29 heavy (non-hydrogen) atoms. The number of amides is 2. The molecule has 2 amide bonds. The summed E-state index contributed by atoms with van der Waals surface area (Å²) in [5, 5.41) is 4.60. The molecule has 2 aromatic rings.